The summed E-state index contributed by atoms with van der Waals surface area (Å²) in [4.78, 5) is 25.6. The number of likely N-dealkylation sites (tertiary alicyclic amines) is 1. The molecule has 0 aromatic rings. The highest BCUT2D eigenvalue weighted by Crippen LogP contribution is 2.19. The molecule has 1 rings (SSSR count). The predicted molar refractivity (Wildman–Crippen MR) is 72.2 cm³/mol. The molecular formula is C14H22N2O3. The van der Waals surface area contributed by atoms with Crippen molar-refractivity contribution in [1.82, 2.24) is 10.2 Å². The van der Waals surface area contributed by atoms with E-state index in [1.165, 1.54) is 0 Å². The lowest BCUT2D eigenvalue weighted by Crippen LogP contribution is -2.50. The topological polar surface area (TPSA) is 58.6 Å². The van der Waals surface area contributed by atoms with Crippen LogP contribution in [0.4, 0.5) is 0 Å². The molecule has 1 fully saturated rings. The summed E-state index contributed by atoms with van der Waals surface area (Å²) >= 11 is 0. The normalized spacial score (nSPS) is 21.2. The van der Waals surface area contributed by atoms with Crippen molar-refractivity contribution in [3.05, 3.63) is 0 Å². The summed E-state index contributed by atoms with van der Waals surface area (Å²) in [6.45, 7) is 5.66. The standard InChI is InChI=1S/C14H22N2O3/c1-4-8-15-13(17)11(3)16-9-6-7-12(10-16)14(18)19-5-2/h1,11-12H,5-10H2,2-3H3,(H,15,17)/t11?,12-/m0/s1. The minimum Gasteiger partial charge on any atom is -0.466 e. The Bertz CT molecular complexity index is 362. The molecule has 5 heteroatoms. The van der Waals surface area contributed by atoms with Crippen molar-refractivity contribution in [1.29, 1.82) is 0 Å². The van der Waals surface area contributed by atoms with Crippen LogP contribution in [-0.2, 0) is 14.3 Å². The van der Waals surface area contributed by atoms with Crippen LogP contribution in [-0.4, -0.2) is 49.1 Å². The van der Waals surface area contributed by atoms with E-state index in [4.69, 9.17) is 11.2 Å². The minimum atomic E-state index is -0.273. The second kappa shape index (κ2) is 7.80. The molecule has 106 valence electrons. The van der Waals surface area contributed by atoms with E-state index < -0.39 is 0 Å². The van der Waals surface area contributed by atoms with E-state index >= 15 is 0 Å². The van der Waals surface area contributed by atoms with Crippen LogP contribution in [0.25, 0.3) is 0 Å². The number of piperidine rings is 1. The van der Waals surface area contributed by atoms with Crippen molar-refractivity contribution in [3.63, 3.8) is 0 Å². The van der Waals surface area contributed by atoms with Gasteiger partial charge in [-0.1, -0.05) is 5.92 Å². The van der Waals surface area contributed by atoms with Gasteiger partial charge in [0.25, 0.3) is 0 Å². The van der Waals surface area contributed by atoms with Crippen LogP contribution in [0.5, 0.6) is 0 Å². The number of nitrogens with one attached hydrogen (secondary N) is 1. The summed E-state index contributed by atoms with van der Waals surface area (Å²) in [6.07, 6.45) is 6.84. The molecule has 0 bridgehead atoms. The van der Waals surface area contributed by atoms with Crippen LogP contribution >= 0.6 is 0 Å². The molecule has 5 nitrogen and oxygen atoms in total. The number of ether oxygens (including phenoxy) is 1. The first-order valence-corrected chi connectivity index (χ1v) is 6.72. The fraction of sp³-hybridized carbons (Fsp3) is 0.714. The minimum absolute atomic E-state index is 0.0949. The van der Waals surface area contributed by atoms with Gasteiger partial charge in [0.05, 0.1) is 25.1 Å². The van der Waals surface area contributed by atoms with Gasteiger partial charge in [0, 0.05) is 6.54 Å². The molecular weight excluding hydrogens is 244 g/mol. The summed E-state index contributed by atoms with van der Waals surface area (Å²) in [7, 11) is 0. The molecule has 19 heavy (non-hydrogen) atoms. The molecule has 1 heterocycles. The lowest BCUT2D eigenvalue weighted by atomic mass is 9.97. The molecule has 0 spiro atoms. The Labute approximate surface area is 114 Å². The van der Waals surface area contributed by atoms with Crippen molar-refractivity contribution in [3.8, 4) is 12.3 Å². The molecule has 0 saturated carbocycles. The number of hydrogen-bond donors (Lipinski definition) is 1. The van der Waals surface area contributed by atoms with Gasteiger partial charge in [0.15, 0.2) is 0 Å². The van der Waals surface area contributed by atoms with Gasteiger partial charge < -0.3 is 10.1 Å². The van der Waals surface area contributed by atoms with Gasteiger partial charge in [-0.3, -0.25) is 14.5 Å². The first-order valence-electron chi connectivity index (χ1n) is 6.72. The summed E-state index contributed by atoms with van der Waals surface area (Å²) in [5.74, 6) is 1.99. The fourth-order valence-corrected chi connectivity index (χ4v) is 2.26. The maximum absolute atomic E-state index is 11.8. The second-order valence-corrected chi connectivity index (χ2v) is 4.68. The Morgan fingerprint density at radius 2 is 2.32 bits per heavy atom. The monoisotopic (exact) mass is 266 g/mol. The van der Waals surface area contributed by atoms with E-state index in [1.54, 1.807) is 6.92 Å². The highest BCUT2D eigenvalue weighted by atomic mass is 16.5. The highest BCUT2D eigenvalue weighted by molar-refractivity contribution is 5.81. The molecule has 1 aliphatic heterocycles. The van der Waals surface area contributed by atoms with Gasteiger partial charge in [0.2, 0.25) is 5.91 Å². The van der Waals surface area contributed by atoms with E-state index in [1.807, 2.05) is 11.8 Å². The van der Waals surface area contributed by atoms with Gasteiger partial charge in [-0.2, -0.15) is 0 Å². The number of carbonyl (C=O) groups excluding carboxylic acids is 2. The lowest BCUT2D eigenvalue weighted by Gasteiger charge is -2.34. The number of amides is 1. The second-order valence-electron chi connectivity index (χ2n) is 4.68. The van der Waals surface area contributed by atoms with Crippen molar-refractivity contribution < 1.29 is 14.3 Å². The molecule has 1 saturated heterocycles. The van der Waals surface area contributed by atoms with Crippen LogP contribution in [0.15, 0.2) is 0 Å². The fourth-order valence-electron chi connectivity index (χ4n) is 2.26. The van der Waals surface area contributed by atoms with Gasteiger partial charge in [-0.25, -0.2) is 0 Å². The summed E-state index contributed by atoms with van der Waals surface area (Å²) < 4.78 is 5.04. The number of nitrogens with zero attached hydrogens (tertiary/aromatic N) is 1. The Balaban J connectivity index is 2.52. The van der Waals surface area contributed by atoms with E-state index in [2.05, 4.69) is 11.2 Å². The summed E-state index contributed by atoms with van der Waals surface area (Å²) in [5.41, 5.74) is 0. The van der Waals surface area contributed by atoms with Crippen LogP contribution in [0.1, 0.15) is 26.7 Å². The summed E-state index contributed by atoms with van der Waals surface area (Å²) in [5, 5.41) is 2.67. The number of esters is 1. The SMILES string of the molecule is C#CCNC(=O)C(C)N1CCC[C@H](C(=O)OCC)C1. The van der Waals surface area contributed by atoms with Gasteiger partial charge in [0.1, 0.15) is 0 Å². The molecule has 0 aromatic heterocycles. The van der Waals surface area contributed by atoms with Crippen LogP contribution in [0.2, 0.25) is 0 Å². The zero-order chi connectivity index (χ0) is 14.3. The molecule has 1 amide bonds. The zero-order valence-electron chi connectivity index (χ0n) is 11.6. The van der Waals surface area contributed by atoms with Crippen LogP contribution in [0, 0.1) is 18.3 Å². The van der Waals surface area contributed by atoms with E-state index in [-0.39, 0.29) is 30.4 Å². The van der Waals surface area contributed by atoms with Gasteiger partial charge >= 0.3 is 5.97 Å². The Morgan fingerprint density at radius 3 is 2.95 bits per heavy atom. The molecule has 1 aliphatic rings. The first-order chi connectivity index (χ1) is 9.10. The predicted octanol–water partition coefficient (Wildman–Crippen LogP) is 0.399. The molecule has 0 aromatic carbocycles. The maximum Gasteiger partial charge on any atom is 0.310 e. The Hall–Kier alpha value is -1.54. The average molecular weight is 266 g/mol. The smallest absolute Gasteiger partial charge is 0.310 e. The third kappa shape index (κ3) is 4.56. The molecule has 2 atom stereocenters. The van der Waals surface area contributed by atoms with Crippen molar-refractivity contribution in [2.45, 2.75) is 32.7 Å². The molecule has 0 aliphatic carbocycles. The molecule has 1 N–H and O–H groups in total. The quantitative estimate of drug-likeness (QED) is 0.578. The lowest BCUT2D eigenvalue weighted by molar-refractivity contribution is -0.151. The highest BCUT2D eigenvalue weighted by Gasteiger charge is 2.31. The van der Waals surface area contributed by atoms with E-state index in [0.717, 1.165) is 19.4 Å². The Kier molecular flexibility index (Phi) is 6.37. The van der Waals surface area contributed by atoms with Crippen molar-refractivity contribution >= 4 is 11.9 Å². The first kappa shape index (κ1) is 15.5. The third-order valence-corrected chi connectivity index (χ3v) is 3.36. The number of hydrogen-bond acceptors (Lipinski definition) is 4. The number of terminal acetylenes is 1. The maximum atomic E-state index is 11.8. The Morgan fingerprint density at radius 1 is 1.58 bits per heavy atom. The van der Waals surface area contributed by atoms with Crippen LogP contribution in [0.3, 0.4) is 0 Å². The third-order valence-electron chi connectivity index (χ3n) is 3.36. The van der Waals surface area contributed by atoms with E-state index in [9.17, 15) is 9.59 Å². The largest absolute Gasteiger partial charge is 0.466 e. The number of carbonyl (C=O) groups is 2. The molecule has 0 radical (unpaired) electrons. The average Bonchev–Trinajstić information content (AvgIpc) is 2.44. The van der Waals surface area contributed by atoms with Crippen molar-refractivity contribution in [2.75, 3.05) is 26.2 Å². The van der Waals surface area contributed by atoms with E-state index in [0.29, 0.717) is 13.2 Å². The molecule has 1 unspecified atom stereocenters. The van der Waals surface area contributed by atoms with Gasteiger partial charge in [-0.15, -0.1) is 6.42 Å². The summed E-state index contributed by atoms with van der Waals surface area (Å²) in [6, 6.07) is -0.273. The number of rotatable bonds is 5. The van der Waals surface area contributed by atoms with Crippen molar-refractivity contribution in [2.24, 2.45) is 5.92 Å². The van der Waals surface area contributed by atoms with Crippen LogP contribution < -0.4 is 5.32 Å². The van der Waals surface area contributed by atoms with Gasteiger partial charge in [-0.05, 0) is 33.2 Å². The zero-order valence-corrected chi connectivity index (χ0v) is 11.6.